The number of aromatic nitrogens is 6. The largest absolute Gasteiger partial charge is 0.342 e. The van der Waals surface area contributed by atoms with Gasteiger partial charge in [0.1, 0.15) is 10.0 Å². The third kappa shape index (κ3) is 3.46. The molecule has 2 aliphatic rings. The van der Waals surface area contributed by atoms with Crippen LogP contribution in [0, 0.1) is 9.12 Å². The van der Waals surface area contributed by atoms with E-state index in [0.29, 0.717) is 5.65 Å². The molecule has 6 rings (SSSR count). The Bertz CT molecular complexity index is 1420. The van der Waals surface area contributed by atoms with Crippen molar-refractivity contribution >= 4 is 56.2 Å². The molecule has 1 unspecified atom stereocenters. The summed E-state index contributed by atoms with van der Waals surface area (Å²) >= 11 is 2.22. The van der Waals surface area contributed by atoms with Crippen molar-refractivity contribution in [3.05, 3.63) is 45.4 Å². The lowest BCUT2D eigenvalue weighted by atomic mass is 9.73. The molecular weight excluding hydrogens is 563 g/mol. The molecule has 11 heteroatoms. The van der Waals surface area contributed by atoms with E-state index < -0.39 is 11.0 Å². The molecule has 0 radical (unpaired) electrons. The van der Waals surface area contributed by atoms with Crippen molar-refractivity contribution in [2.75, 3.05) is 18.0 Å². The van der Waals surface area contributed by atoms with Gasteiger partial charge in [0, 0.05) is 13.1 Å². The summed E-state index contributed by atoms with van der Waals surface area (Å²) < 4.78 is 19.2. The van der Waals surface area contributed by atoms with Gasteiger partial charge >= 0.3 is 0 Å². The van der Waals surface area contributed by atoms with Crippen molar-refractivity contribution < 1.29 is 4.21 Å². The quantitative estimate of drug-likeness (QED) is 0.354. The van der Waals surface area contributed by atoms with E-state index in [-0.39, 0.29) is 16.2 Å². The molecule has 1 fully saturated rings. The fourth-order valence-electron chi connectivity index (χ4n) is 5.39. The van der Waals surface area contributed by atoms with Crippen LogP contribution < -0.4 is 9.62 Å². The molecule has 1 saturated heterocycles. The third-order valence-corrected chi connectivity index (χ3v) is 9.58. The molecule has 1 aromatic carbocycles. The number of piperidine rings is 1. The standard InChI is InChI=1S/C23H27IN8OS/c1-22(2,3)34(33)30-17-15-7-5-4-6-14(15)12-23(17)8-10-31(11-9-23)21-26-19-16(18(24)27-28-19)20-29-25-13-32(20)21/h4-7,13,17,30H,8-12H2,1-3H3,(H,27,28)/t17-,34?/m1/s1. The number of hydrogen-bond donors (Lipinski definition) is 2. The molecule has 178 valence electrons. The molecule has 1 aliphatic heterocycles. The number of aromatic amines is 1. The Morgan fingerprint density at radius 1 is 1.24 bits per heavy atom. The molecule has 0 saturated carbocycles. The van der Waals surface area contributed by atoms with Crippen molar-refractivity contribution in [2.24, 2.45) is 5.41 Å². The first-order valence-corrected chi connectivity index (χ1v) is 13.7. The minimum absolute atomic E-state index is 0.0270. The molecule has 9 nitrogen and oxygen atoms in total. The molecule has 4 heterocycles. The topological polar surface area (TPSA) is 104 Å². The van der Waals surface area contributed by atoms with Crippen LogP contribution in [-0.2, 0) is 17.4 Å². The Hall–Kier alpha value is -2.12. The van der Waals surface area contributed by atoms with E-state index in [1.54, 1.807) is 6.33 Å². The van der Waals surface area contributed by atoms with Crippen LogP contribution in [0.5, 0.6) is 0 Å². The lowest BCUT2D eigenvalue weighted by Crippen LogP contribution is -2.48. The smallest absolute Gasteiger partial charge is 0.214 e. The maximum absolute atomic E-state index is 13.1. The van der Waals surface area contributed by atoms with Crippen LogP contribution in [0.2, 0.25) is 0 Å². The molecule has 34 heavy (non-hydrogen) atoms. The molecule has 2 atom stereocenters. The highest BCUT2D eigenvalue weighted by atomic mass is 127. The first-order valence-electron chi connectivity index (χ1n) is 11.5. The summed E-state index contributed by atoms with van der Waals surface area (Å²) in [6, 6.07) is 8.70. The second kappa shape index (κ2) is 7.95. The Labute approximate surface area is 213 Å². The van der Waals surface area contributed by atoms with Crippen LogP contribution in [-0.4, -0.2) is 51.8 Å². The number of nitrogens with one attached hydrogen (secondary N) is 2. The normalized spacial score (nSPS) is 20.9. The summed E-state index contributed by atoms with van der Waals surface area (Å²) in [5, 5.41) is 16.8. The van der Waals surface area contributed by atoms with E-state index in [9.17, 15) is 4.21 Å². The van der Waals surface area contributed by atoms with Crippen molar-refractivity contribution in [1.82, 2.24) is 34.5 Å². The third-order valence-electron chi connectivity index (χ3n) is 7.24. The van der Waals surface area contributed by atoms with Crippen molar-refractivity contribution in [3.63, 3.8) is 0 Å². The number of benzene rings is 1. The van der Waals surface area contributed by atoms with Crippen LogP contribution in [0.15, 0.2) is 30.6 Å². The second-order valence-corrected chi connectivity index (χ2v) is 13.4. The van der Waals surface area contributed by atoms with Gasteiger partial charge in [0.25, 0.3) is 0 Å². The highest BCUT2D eigenvalue weighted by molar-refractivity contribution is 14.1. The summed E-state index contributed by atoms with van der Waals surface area (Å²) in [7, 11) is -1.14. The number of hydrogen-bond acceptors (Lipinski definition) is 6. The Kier molecular flexibility index (Phi) is 5.23. The summed E-state index contributed by atoms with van der Waals surface area (Å²) in [6.45, 7) is 7.77. The Morgan fingerprint density at radius 2 is 2.00 bits per heavy atom. The number of rotatable bonds is 3. The molecule has 3 aromatic heterocycles. The maximum Gasteiger partial charge on any atom is 0.214 e. The summed E-state index contributed by atoms with van der Waals surface area (Å²) in [6.07, 6.45) is 4.68. The van der Waals surface area contributed by atoms with Crippen LogP contribution >= 0.6 is 22.6 Å². The zero-order chi connectivity index (χ0) is 23.7. The van der Waals surface area contributed by atoms with Gasteiger partial charge in [0.2, 0.25) is 5.95 Å². The van der Waals surface area contributed by atoms with Crippen LogP contribution in [0.25, 0.3) is 16.7 Å². The molecular formula is C23H27IN8OS. The van der Waals surface area contributed by atoms with Gasteiger partial charge in [0.15, 0.2) is 11.3 Å². The van der Waals surface area contributed by atoms with E-state index >= 15 is 0 Å². The number of halogens is 1. The summed E-state index contributed by atoms with van der Waals surface area (Å²) in [5.74, 6) is 0.823. The zero-order valence-corrected chi connectivity index (χ0v) is 22.4. The summed E-state index contributed by atoms with van der Waals surface area (Å²) in [5.41, 5.74) is 4.12. The predicted octanol–water partition coefficient (Wildman–Crippen LogP) is 3.54. The number of fused-ring (bicyclic) bond motifs is 4. The Morgan fingerprint density at radius 3 is 2.76 bits per heavy atom. The zero-order valence-electron chi connectivity index (χ0n) is 19.4. The maximum atomic E-state index is 13.1. The van der Waals surface area contributed by atoms with Gasteiger partial charge < -0.3 is 4.90 Å². The minimum Gasteiger partial charge on any atom is -0.342 e. The fraction of sp³-hybridized carbons (Fsp3) is 0.478. The number of H-pyrrole nitrogens is 1. The van der Waals surface area contributed by atoms with Gasteiger partial charge in [-0.05, 0) is 79.2 Å². The lowest BCUT2D eigenvalue weighted by molar-refractivity contribution is 0.177. The van der Waals surface area contributed by atoms with Gasteiger partial charge in [-0.25, -0.2) is 8.93 Å². The average Bonchev–Trinajstić information content (AvgIpc) is 3.50. The van der Waals surface area contributed by atoms with Crippen molar-refractivity contribution in [3.8, 4) is 0 Å². The lowest BCUT2D eigenvalue weighted by Gasteiger charge is -2.44. The van der Waals surface area contributed by atoms with Gasteiger partial charge in [-0.1, -0.05) is 24.3 Å². The fourth-order valence-corrected chi connectivity index (χ4v) is 6.94. The molecule has 1 spiro atoms. The first kappa shape index (κ1) is 22.4. The van der Waals surface area contributed by atoms with Crippen molar-refractivity contribution in [1.29, 1.82) is 0 Å². The summed E-state index contributed by atoms with van der Waals surface area (Å²) in [4.78, 5) is 7.18. The molecule has 0 amide bonds. The Balaban J connectivity index is 1.32. The van der Waals surface area contributed by atoms with E-state index in [0.717, 1.165) is 53.0 Å². The van der Waals surface area contributed by atoms with Crippen LogP contribution in [0.4, 0.5) is 5.95 Å². The van der Waals surface area contributed by atoms with Gasteiger partial charge in [-0.15, -0.1) is 10.2 Å². The van der Waals surface area contributed by atoms with Crippen LogP contribution in [0.3, 0.4) is 0 Å². The number of anilines is 1. The second-order valence-electron chi connectivity index (χ2n) is 10.3. The molecule has 1 aliphatic carbocycles. The minimum atomic E-state index is -1.14. The van der Waals surface area contributed by atoms with E-state index in [1.807, 2.05) is 25.2 Å². The molecule has 2 N–H and O–H groups in total. The van der Waals surface area contributed by atoms with E-state index in [1.165, 1.54) is 11.1 Å². The molecule has 4 aromatic rings. The average molecular weight is 590 g/mol. The van der Waals surface area contributed by atoms with Crippen molar-refractivity contribution in [2.45, 2.75) is 50.8 Å². The van der Waals surface area contributed by atoms with Gasteiger partial charge in [0.05, 0.1) is 27.2 Å². The monoisotopic (exact) mass is 590 g/mol. The first-order chi connectivity index (χ1) is 16.3. The van der Waals surface area contributed by atoms with E-state index in [2.05, 4.69) is 76.9 Å². The number of nitrogens with zero attached hydrogens (tertiary/aromatic N) is 6. The van der Waals surface area contributed by atoms with Gasteiger partial charge in [-0.2, -0.15) is 10.1 Å². The highest BCUT2D eigenvalue weighted by Crippen LogP contribution is 2.52. The molecule has 0 bridgehead atoms. The van der Waals surface area contributed by atoms with Gasteiger partial charge in [-0.3, -0.25) is 9.50 Å². The van der Waals surface area contributed by atoms with Crippen LogP contribution in [0.1, 0.15) is 50.8 Å². The van der Waals surface area contributed by atoms with E-state index in [4.69, 9.17) is 4.98 Å². The SMILES string of the molecule is CC(C)(C)S(=O)N[C@@H]1c2ccccc2CC12CCN(c1nc3n[nH]c(I)c3c3nncn13)CC2. The predicted molar refractivity (Wildman–Crippen MR) is 141 cm³/mol. The highest BCUT2D eigenvalue weighted by Gasteiger charge is 2.49.